The van der Waals surface area contributed by atoms with Crippen molar-refractivity contribution in [2.24, 2.45) is 5.73 Å². The molecule has 7 nitrogen and oxygen atoms in total. The Morgan fingerprint density at radius 1 is 1.62 bits per heavy atom. The molecule has 2 N–H and O–H groups in total. The first-order valence-electron chi connectivity index (χ1n) is 6.35. The molecular weight excluding hydrogens is 312 g/mol. The maximum Gasteiger partial charge on any atom is 0.323 e. The molecule has 0 bridgehead atoms. The van der Waals surface area contributed by atoms with Crippen LogP contribution in [-0.2, 0) is 21.7 Å². The summed E-state index contributed by atoms with van der Waals surface area (Å²) in [6, 6.07) is 0.794. The number of aromatic nitrogens is 3. The fourth-order valence-corrected chi connectivity index (χ4v) is 3.35. The van der Waals surface area contributed by atoms with Gasteiger partial charge in [0.05, 0.1) is 12.8 Å². The first-order chi connectivity index (χ1) is 10.0. The third kappa shape index (κ3) is 3.80. The van der Waals surface area contributed by atoms with E-state index in [0.29, 0.717) is 22.2 Å². The minimum Gasteiger partial charge on any atom is -0.468 e. The fourth-order valence-electron chi connectivity index (χ4n) is 1.62. The lowest BCUT2D eigenvalue weighted by atomic mass is 10.4. The molecule has 2 rings (SSSR count). The van der Waals surface area contributed by atoms with Crippen LogP contribution in [0.1, 0.15) is 17.6 Å². The van der Waals surface area contributed by atoms with E-state index in [-0.39, 0.29) is 5.56 Å². The Labute approximate surface area is 129 Å². The molecular formula is C12H16N4O3S2. The smallest absolute Gasteiger partial charge is 0.323 e. The molecule has 0 spiro atoms. The highest BCUT2D eigenvalue weighted by atomic mass is 32.2. The molecule has 0 amide bonds. The molecule has 2 aromatic rings. The van der Waals surface area contributed by atoms with E-state index in [2.05, 4.69) is 14.8 Å². The van der Waals surface area contributed by atoms with Crippen LogP contribution in [-0.4, -0.2) is 39.5 Å². The number of ether oxygens (including phenoxy) is 1. The molecule has 2 aromatic heterocycles. The van der Waals surface area contributed by atoms with Crippen LogP contribution in [0.2, 0.25) is 0 Å². The highest BCUT2D eigenvalue weighted by molar-refractivity contribution is 7.98. The van der Waals surface area contributed by atoms with Crippen molar-refractivity contribution in [2.75, 3.05) is 12.9 Å². The third-order valence-corrected chi connectivity index (χ3v) is 4.84. The summed E-state index contributed by atoms with van der Waals surface area (Å²) in [5.74, 6) is 0.480. The van der Waals surface area contributed by atoms with Crippen LogP contribution >= 0.6 is 23.1 Å². The zero-order chi connectivity index (χ0) is 15.4. The SMILES string of the molecule is CCc1nn2c(=O)cc(CSCC(N)C(=O)OC)nc2s1. The summed E-state index contributed by atoms with van der Waals surface area (Å²) in [7, 11) is 1.30. The zero-order valence-corrected chi connectivity index (χ0v) is 13.4. The molecule has 1 unspecified atom stereocenters. The van der Waals surface area contributed by atoms with Gasteiger partial charge in [-0.05, 0) is 6.42 Å². The number of carbonyl (C=O) groups excluding carboxylic acids is 1. The van der Waals surface area contributed by atoms with Gasteiger partial charge in [-0.3, -0.25) is 9.59 Å². The number of thioether (sulfide) groups is 1. The van der Waals surface area contributed by atoms with Crippen LogP contribution in [0.5, 0.6) is 0 Å². The van der Waals surface area contributed by atoms with Gasteiger partial charge < -0.3 is 10.5 Å². The maximum absolute atomic E-state index is 11.9. The number of methoxy groups -OCH3 is 1. The second-order valence-electron chi connectivity index (χ2n) is 4.27. The van der Waals surface area contributed by atoms with Crippen molar-refractivity contribution in [3.05, 3.63) is 27.1 Å². The Balaban J connectivity index is 2.06. The minimum absolute atomic E-state index is 0.191. The van der Waals surface area contributed by atoms with Gasteiger partial charge in [0, 0.05) is 17.6 Å². The average molecular weight is 328 g/mol. The lowest BCUT2D eigenvalue weighted by Gasteiger charge is -2.08. The van der Waals surface area contributed by atoms with E-state index in [0.717, 1.165) is 11.4 Å². The summed E-state index contributed by atoms with van der Waals surface area (Å²) in [5.41, 5.74) is 6.11. The predicted octanol–water partition coefficient (Wildman–Crippen LogP) is 0.447. The zero-order valence-electron chi connectivity index (χ0n) is 11.7. The van der Waals surface area contributed by atoms with Gasteiger partial charge in [-0.25, -0.2) is 4.98 Å². The quantitative estimate of drug-likeness (QED) is 0.768. The summed E-state index contributed by atoms with van der Waals surface area (Å²) in [6.45, 7) is 1.98. The van der Waals surface area contributed by atoms with Crippen LogP contribution in [0.15, 0.2) is 10.9 Å². The Hall–Kier alpha value is -1.45. The molecule has 114 valence electrons. The summed E-state index contributed by atoms with van der Waals surface area (Å²) in [6.07, 6.45) is 0.769. The summed E-state index contributed by atoms with van der Waals surface area (Å²) < 4.78 is 5.87. The highest BCUT2D eigenvalue weighted by Crippen LogP contribution is 2.15. The minimum atomic E-state index is -0.667. The van der Waals surface area contributed by atoms with Gasteiger partial charge in [0.1, 0.15) is 11.0 Å². The van der Waals surface area contributed by atoms with Crippen molar-refractivity contribution in [1.29, 1.82) is 0 Å². The Morgan fingerprint density at radius 3 is 3.05 bits per heavy atom. The normalized spacial score (nSPS) is 12.5. The number of carbonyl (C=O) groups is 1. The second-order valence-corrected chi connectivity index (χ2v) is 6.35. The van der Waals surface area contributed by atoms with Crippen molar-refractivity contribution >= 4 is 34.0 Å². The van der Waals surface area contributed by atoms with Crippen molar-refractivity contribution in [2.45, 2.75) is 25.1 Å². The molecule has 0 aliphatic carbocycles. The number of esters is 1. The van der Waals surface area contributed by atoms with Gasteiger partial charge in [0.2, 0.25) is 4.96 Å². The standard InChI is InChI=1S/C12H16N4O3S2/c1-3-9-15-16-10(17)4-7(14-12(16)21-9)5-20-6-8(13)11(18)19-2/h4,8H,3,5-6,13H2,1-2H3. The van der Waals surface area contributed by atoms with E-state index in [4.69, 9.17) is 5.73 Å². The fraction of sp³-hybridized carbons (Fsp3) is 0.500. The van der Waals surface area contributed by atoms with Gasteiger partial charge in [0.15, 0.2) is 0 Å². The third-order valence-electron chi connectivity index (χ3n) is 2.69. The molecule has 0 aromatic carbocycles. The Morgan fingerprint density at radius 2 is 2.38 bits per heavy atom. The molecule has 0 aliphatic rings. The summed E-state index contributed by atoms with van der Waals surface area (Å²) in [4.78, 5) is 28.1. The maximum atomic E-state index is 11.9. The Kier molecular flexibility index (Phi) is 5.32. The van der Waals surface area contributed by atoms with E-state index >= 15 is 0 Å². The van der Waals surface area contributed by atoms with Crippen LogP contribution in [0.3, 0.4) is 0 Å². The predicted molar refractivity (Wildman–Crippen MR) is 82.7 cm³/mol. The van der Waals surface area contributed by atoms with Crippen molar-refractivity contribution in [3.8, 4) is 0 Å². The van der Waals surface area contributed by atoms with E-state index in [1.54, 1.807) is 0 Å². The summed E-state index contributed by atoms with van der Waals surface area (Å²) in [5, 5.41) is 5.06. The molecule has 0 saturated heterocycles. The molecule has 2 heterocycles. The molecule has 1 atom stereocenters. The van der Waals surface area contributed by atoms with Gasteiger partial charge in [0.25, 0.3) is 5.56 Å². The average Bonchev–Trinajstić information content (AvgIpc) is 2.90. The second kappa shape index (κ2) is 7.01. The van der Waals surface area contributed by atoms with Gasteiger partial charge in [-0.2, -0.15) is 21.4 Å². The number of fused-ring (bicyclic) bond motifs is 1. The van der Waals surface area contributed by atoms with Crippen molar-refractivity contribution in [1.82, 2.24) is 14.6 Å². The number of nitrogens with two attached hydrogens (primary N) is 1. The van der Waals surface area contributed by atoms with E-state index in [1.165, 1.54) is 40.8 Å². The monoisotopic (exact) mass is 328 g/mol. The molecule has 9 heteroatoms. The van der Waals surface area contributed by atoms with E-state index < -0.39 is 12.0 Å². The topological polar surface area (TPSA) is 99.6 Å². The largest absolute Gasteiger partial charge is 0.468 e. The van der Waals surface area contributed by atoms with Gasteiger partial charge in [-0.1, -0.05) is 18.3 Å². The molecule has 0 aliphatic heterocycles. The molecule has 0 saturated carbocycles. The lowest BCUT2D eigenvalue weighted by molar-refractivity contribution is -0.141. The van der Waals surface area contributed by atoms with E-state index in [1.807, 2.05) is 6.92 Å². The molecule has 0 radical (unpaired) electrons. The number of rotatable bonds is 6. The number of hydrogen-bond donors (Lipinski definition) is 1. The van der Waals surface area contributed by atoms with Crippen LogP contribution < -0.4 is 11.3 Å². The highest BCUT2D eigenvalue weighted by Gasteiger charge is 2.14. The van der Waals surface area contributed by atoms with Crippen molar-refractivity contribution in [3.63, 3.8) is 0 Å². The number of nitrogens with zero attached hydrogens (tertiary/aromatic N) is 3. The van der Waals surface area contributed by atoms with E-state index in [9.17, 15) is 9.59 Å². The van der Waals surface area contributed by atoms with Crippen LogP contribution in [0.4, 0.5) is 0 Å². The lowest BCUT2D eigenvalue weighted by Crippen LogP contribution is -2.33. The van der Waals surface area contributed by atoms with Crippen molar-refractivity contribution < 1.29 is 9.53 Å². The Bertz CT molecular complexity index is 697. The van der Waals surface area contributed by atoms with Crippen LogP contribution in [0.25, 0.3) is 4.96 Å². The molecule has 0 fully saturated rings. The first-order valence-corrected chi connectivity index (χ1v) is 8.32. The number of hydrogen-bond acceptors (Lipinski definition) is 8. The van der Waals surface area contributed by atoms with Gasteiger partial charge >= 0.3 is 5.97 Å². The first kappa shape index (κ1) is 15.9. The van der Waals surface area contributed by atoms with Crippen LogP contribution in [0, 0.1) is 0 Å². The van der Waals surface area contributed by atoms with Gasteiger partial charge in [-0.15, -0.1) is 0 Å². The summed E-state index contributed by atoms with van der Waals surface area (Å²) >= 11 is 2.84. The molecule has 21 heavy (non-hydrogen) atoms. The number of aryl methyl sites for hydroxylation is 1.